The summed E-state index contributed by atoms with van der Waals surface area (Å²) >= 11 is 0. The van der Waals surface area contributed by atoms with E-state index in [4.69, 9.17) is 4.52 Å². The average Bonchev–Trinajstić information content (AvgIpc) is 2.91. The predicted molar refractivity (Wildman–Crippen MR) is 95.3 cm³/mol. The molecule has 0 saturated carbocycles. The summed E-state index contributed by atoms with van der Waals surface area (Å²) in [5.41, 5.74) is 2.07. The van der Waals surface area contributed by atoms with Crippen LogP contribution in [0.3, 0.4) is 0 Å². The van der Waals surface area contributed by atoms with Crippen LogP contribution in [0.25, 0.3) is 0 Å². The Labute approximate surface area is 148 Å². The number of hydrogen-bond acceptors (Lipinski definition) is 5. The fourth-order valence-corrected chi connectivity index (χ4v) is 3.28. The SMILES string of the molecule is Cc1ccc(S(=O)(=O)N(C)C)cc1NC(=O)c1c(C)noc1C(C)C. The van der Waals surface area contributed by atoms with Gasteiger partial charge >= 0.3 is 0 Å². The molecule has 0 saturated heterocycles. The molecule has 2 aromatic rings. The molecule has 0 fully saturated rings. The van der Waals surface area contributed by atoms with Crippen molar-refractivity contribution in [1.29, 1.82) is 0 Å². The summed E-state index contributed by atoms with van der Waals surface area (Å²) in [5, 5.41) is 6.64. The van der Waals surface area contributed by atoms with E-state index in [-0.39, 0.29) is 16.7 Å². The van der Waals surface area contributed by atoms with Gasteiger partial charge in [-0.25, -0.2) is 12.7 Å². The van der Waals surface area contributed by atoms with Crippen molar-refractivity contribution >= 4 is 21.6 Å². The molecule has 2 rings (SSSR count). The van der Waals surface area contributed by atoms with Gasteiger partial charge in [0.25, 0.3) is 5.91 Å². The minimum atomic E-state index is -3.58. The third-order valence-corrected chi connectivity index (χ3v) is 5.69. The molecule has 0 aliphatic heterocycles. The van der Waals surface area contributed by atoms with Gasteiger partial charge in [-0.05, 0) is 31.5 Å². The lowest BCUT2D eigenvalue weighted by Gasteiger charge is -2.14. The molecule has 1 amide bonds. The molecule has 0 spiro atoms. The van der Waals surface area contributed by atoms with Gasteiger partial charge in [-0.15, -0.1) is 0 Å². The van der Waals surface area contributed by atoms with Crippen molar-refractivity contribution in [3.63, 3.8) is 0 Å². The highest BCUT2D eigenvalue weighted by Gasteiger charge is 2.24. The number of aromatic nitrogens is 1. The maximum atomic E-state index is 12.7. The zero-order valence-corrected chi connectivity index (χ0v) is 16.1. The average molecular weight is 365 g/mol. The summed E-state index contributed by atoms with van der Waals surface area (Å²) in [7, 11) is -0.662. The number of benzene rings is 1. The number of aryl methyl sites for hydroxylation is 2. The maximum Gasteiger partial charge on any atom is 0.261 e. The summed E-state index contributed by atoms with van der Waals surface area (Å²) in [5.74, 6) is 0.137. The Morgan fingerprint density at radius 1 is 1.24 bits per heavy atom. The second-order valence-electron chi connectivity index (χ2n) is 6.38. The minimum Gasteiger partial charge on any atom is -0.360 e. The van der Waals surface area contributed by atoms with E-state index in [1.807, 2.05) is 13.8 Å². The number of nitrogens with zero attached hydrogens (tertiary/aromatic N) is 2. The molecule has 0 aliphatic rings. The van der Waals surface area contributed by atoms with Gasteiger partial charge in [0.05, 0.1) is 10.6 Å². The standard InChI is InChI=1S/C17H23N3O4S/c1-10(2)16-15(12(4)19-24-16)17(21)18-14-9-13(8-7-11(14)3)25(22,23)20(5)6/h7-10H,1-6H3,(H,18,21). The predicted octanol–water partition coefficient (Wildman–Crippen LogP) is 2.92. The van der Waals surface area contributed by atoms with Gasteiger partial charge in [-0.3, -0.25) is 4.79 Å². The van der Waals surface area contributed by atoms with E-state index >= 15 is 0 Å². The number of rotatable bonds is 5. The molecule has 136 valence electrons. The molecule has 7 nitrogen and oxygen atoms in total. The van der Waals surface area contributed by atoms with Crippen LogP contribution in [0.15, 0.2) is 27.6 Å². The molecule has 0 atom stereocenters. The number of carbonyl (C=O) groups excluding carboxylic acids is 1. The van der Waals surface area contributed by atoms with Crippen LogP contribution in [0.4, 0.5) is 5.69 Å². The van der Waals surface area contributed by atoms with Gasteiger partial charge < -0.3 is 9.84 Å². The fourth-order valence-electron chi connectivity index (χ4n) is 2.35. The summed E-state index contributed by atoms with van der Waals surface area (Å²) in [6.07, 6.45) is 0. The van der Waals surface area contributed by atoms with E-state index in [0.717, 1.165) is 9.87 Å². The van der Waals surface area contributed by atoms with Crippen molar-refractivity contribution in [3.05, 3.63) is 40.8 Å². The molecule has 1 aromatic heterocycles. The van der Waals surface area contributed by atoms with Gasteiger partial charge in [0.1, 0.15) is 5.56 Å². The first-order chi connectivity index (χ1) is 11.6. The Kier molecular flexibility index (Phi) is 5.34. The highest BCUT2D eigenvalue weighted by atomic mass is 32.2. The van der Waals surface area contributed by atoms with Crippen LogP contribution in [0.2, 0.25) is 0 Å². The summed E-state index contributed by atoms with van der Waals surface area (Å²) in [6.45, 7) is 7.31. The number of amides is 1. The number of anilines is 1. The first kappa shape index (κ1) is 19.1. The van der Waals surface area contributed by atoms with Crippen LogP contribution in [-0.2, 0) is 10.0 Å². The van der Waals surface area contributed by atoms with Gasteiger partial charge in [0.2, 0.25) is 10.0 Å². The lowest BCUT2D eigenvalue weighted by Crippen LogP contribution is -2.22. The lowest BCUT2D eigenvalue weighted by molar-refractivity contribution is 0.102. The topological polar surface area (TPSA) is 92.5 Å². The van der Waals surface area contributed by atoms with Crippen LogP contribution >= 0.6 is 0 Å². The van der Waals surface area contributed by atoms with Crippen LogP contribution in [0.5, 0.6) is 0 Å². The second kappa shape index (κ2) is 6.97. The van der Waals surface area contributed by atoms with Crippen molar-refractivity contribution < 1.29 is 17.7 Å². The zero-order valence-electron chi connectivity index (χ0n) is 15.2. The van der Waals surface area contributed by atoms with Crippen molar-refractivity contribution in [1.82, 2.24) is 9.46 Å². The van der Waals surface area contributed by atoms with E-state index < -0.39 is 10.0 Å². The smallest absolute Gasteiger partial charge is 0.261 e. The summed E-state index contributed by atoms with van der Waals surface area (Å²) in [6, 6.07) is 4.64. The fraction of sp³-hybridized carbons (Fsp3) is 0.412. The van der Waals surface area contributed by atoms with Crippen LogP contribution in [0, 0.1) is 13.8 Å². The van der Waals surface area contributed by atoms with Crippen LogP contribution in [-0.4, -0.2) is 37.9 Å². The van der Waals surface area contributed by atoms with Gasteiger partial charge in [0.15, 0.2) is 5.76 Å². The largest absolute Gasteiger partial charge is 0.360 e. The van der Waals surface area contributed by atoms with Crippen molar-refractivity contribution in [2.75, 3.05) is 19.4 Å². The molecule has 0 bridgehead atoms. The first-order valence-corrected chi connectivity index (χ1v) is 9.30. The minimum absolute atomic E-state index is 0.00324. The molecule has 25 heavy (non-hydrogen) atoms. The quantitative estimate of drug-likeness (QED) is 0.879. The number of nitrogens with one attached hydrogen (secondary N) is 1. The van der Waals surface area contributed by atoms with E-state index in [1.165, 1.54) is 26.2 Å². The molecule has 0 radical (unpaired) electrons. The van der Waals surface area contributed by atoms with Gasteiger partial charge in [-0.1, -0.05) is 25.1 Å². The Hall–Kier alpha value is -2.19. The molecule has 1 aromatic carbocycles. The molecule has 0 aliphatic carbocycles. The lowest BCUT2D eigenvalue weighted by atomic mass is 10.0. The Morgan fingerprint density at radius 3 is 2.44 bits per heavy atom. The Balaban J connectivity index is 2.41. The van der Waals surface area contributed by atoms with Gasteiger partial charge in [0, 0.05) is 25.7 Å². The van der Waals surface area contributed by atoms with Crippen molar-refractivity contribution in [2.45, 2.75) is 38.5 Å². The van der Waals surface area contributed by atoms with Crippen LogP contribution in [0.1, 0.15) is 47.1 Å². The van der Waals surface area contributed by atoms with Gasteiger partial charge in [-0.2, -0.15) is 0 Å². The molecular weight excluding hydrogens is 342 g/mol. The van der Waals surface area contributed by atoms with Crippen LogP contribution < -0.4 is 5.32 Å². The Bertz CT molecular complexity index is 899. The first-order valence-electron chi connectivity index (χ1n) is 7.86. The molecule has 0 unspecified atom stereocenters. The number of sulfonamides is 1. The number of carbonyl (C=O) groups is 1. The molecular formula is C17H23N3O4S. The third-order valence-electron chi connectivity index (χ3n) is 3.88. The normalized spacial score (nSPS) is 12.0. The van der Waals surface area contributed by atoms with Crippen molar-refractivity contribution in [3.8, 4) is 0 Å². The van der Waals surface area contributed by atoms with E-state index in [2.05, 4.69) is 10.5 Å². The Morgan fingerprint density at radius 2 is 1.88 bits per heavy atom. The van der Waals surface area contributed by atoms with E-state index in [1.54, 1.807) is 19.9 Å². The third kappa shape index (κ3) is 3.74. The van der Waals surface area contributed by atoms with E-state index in [0.29, 0.717) is 22.7 Å². The zero-order chi connectivity index (χ0) is 18.9. The monoisotopic (exact) mass is 365 g/mol. The highest BCUT2D eigenvalue weighted by Crippen LogP contribution is 2.26. The molecule has 1 N–H and O–H groups in total. The van der Waals surface area contributed by atoms with E-state index in [9.17, 15) is 13.2 Å². The number of hydrogen-bond donors (Lipinski definition) is 1. The van der Waals surface area contributed by atoms with Crippen molar-refractivity contribution in [2.24, 2.45) is 0 Å². The molecule has 8 heteroatoms. The summed E-state index contributed by atoms with van der Waals surface area (Å²) < 4.78 is 31.0. The summed E-state index contributed by atoms with van der Waals surface area (Å²) in [4.78, 5) is 12.8. The second-order valence-corrected chi connectivity index (χ2v) is 8.53. The molecule has 1 heterocycles. The highest BCUT2D eigenvalue weighted by molar-refractivity contribution is 7.89. The maximum absolute atomic E-state index is 12.7.